The van der Waals surface area contributed by atoms with Gasteiger partial charge < -0.3 is 35.0 Å². The van der Waals surface area contributed by atoms with Crippen LogP contribution in [0.2, 0.25) is 0 Å². The Morgan fingerprint density at radius 1 is 1.27 bits per heavy atom. The van der Waals surface area contributed by atoms with Crippen molar-refractivity contribution in [3.8, 4) is 0 Å². The maximum Gasteiger partial charge on any atom is 0.186 e. The van der Waals surface area contributed by atoms with Gasteiger partial charge in [-0.3, -0.25) is 0 Å². The Bertz CT molecular complexity index is 188. The van der Waals surface area contributed by atoms with E-state index in [4.69, 9.17) is 24.8 Å². The molecule has 0 aromatic heterocycles. The Kier molecular flexibility index (Phi) is 4.87. The van der Waals surface area contributed by atoms with Crippen LogP contribution in [0.1, 0.15) is 0 Å². The lowest BCUT2D eigenvalue weighted by Crippen LogP contribution is -2.54. The van der Waals surface area contributed by atoms with E-state index in [-0.39, 0.29) is 13.2 Å². The van der Waals surface area contributed by atoms with Gasteiger partial charge in [0.1, 0.15) is 24.4 Å². The van der Waals surface area contributed by atoms with Gasteiger partial charge in [-0.05, 0) is 0 Å². The highest BCUT2D eigenvalue weighted by Crippen LogP contribution is 2.16. The summed E-state index contributed by atoms with van der Waals surface area (Å²) in [6.45, 7) is -0.840. The molecule has 1 heterocycles. The van der Waals surface area contributed by atoms with E-state index in [1.807, 2.05) is 0 Å². The van der Waals surface area contributed by atoms with Crippen molar-refractivity contribution in [3.05, 3.63) is 0 Å². The summed E-state index contributed by atoms with van der Waals surface area (Å²) in [4.78, 5) is 0. The molecule has 0 aromatic rings. The summed E-state index contributed by atoms with van der Waals surface area (Å²) in [6, 6.07) is 0. The molecule has 0 aromatic carbocycles. The summed E-state index contributed by atoms with van der Waals surface area (Å²) in [5.41, 5.74) is 0. The van der Waals surface area contributed by atoms with Crippen LogP contribution in [0.15, 0.2) is 0 Å². The first kappa shape index (κ1) is 12.8. The second-order valence-electron chi connectivity index (χ2n) is 3.42. The van der Waals surface area contributed by atoms with Crippen LogP contribution in [0.4, 0.5) is 0 Å². The van der Waals surface area contributed by atoms with E-state index in [1.165, 1.54) is 0 Å². The van der Waals surface area contributed by atoms with Gasteiger partial charge in [0.25, 0.3) is 0 Å². The van der Waals surface area contributed by atoms with Crippen LogP contribution in [0.25, 0.3) is 0 Å². The average molecular weight is 224 g/mol. The van der Waals surface area contributed by atoms with Gasteiger partial charge in [-0.1, -0.05) is 0 Å². The van der Waals surface area contributed by atoms with Crippen LogP contribution < -0.4 is 0 Å². The van der Waals surface area contributed by atoms with Crippen LogP contribution in [-0.4, -0.2) is 76.1 Å². The Hall–Kier alpha value is -0.280. The molecule has 0 spiro atoms. The molecule has 7 heteroatoms. The fourth-order valence-electron chi connectivity index (χ4n) is 1.18. The van der Waals surface area contributed by atoms with Crippen LogP contribution >= 0.6 is 0 Å². The Morgan fingerprint density at radius 2 is 1.93 bits per heavy atom. The molecular weight excluding hydrogens is 208 g/mol. The molecule has 1 fully saturated rings. The largest absolute Gasteiger partial charge is 0.394 e. The smallest absolute Gasteiger partial charge is 0.186 e. The number of rotatable bonds is 4. The molecule has 0 unspecified atom stereocenters. The monoisotopic (exact) mass is 224 g/mol. The van der Waals surface area contributed by atoms with E-state index in [2.05, 4.69) is 0 Å². The minimum Gasteiger partial charge on any atom is -0.394 e. The van der Waals surface area contributed by atoms with Crippen LogP contribution in [0, 0.1) is 0 Å². The number of aliphatic hydroxyl groups is 5. The molecule has 5 atom stereocenters. The number of aliphatic hydroxyl groups excluding tert-OH is 5. The maximum atomic E-state index is 9.39. The van der Waals surface area contributed by atoms with Gasteiger partial charge in [0, 0.05) is 0 Å². The zero-order valence-corrected chi connectivity index (χ0v) is 8.06. The van der Waals surface area contributed by atoms with Crippen molar-refractivity contribution in [2.24, 2.45) is 0 Å². The first-order valence-electron chi connectivity index (χ1n) is 4.62. The Balaban J connectivity index is 2.36. The van der Waals surface area contributed by atoms with Crippen molar-refractivity contribution in [3.63, 3.8) is 0 Å². The van der Waals surface area contributed by atoms with Crippen molar-refractivity contribution < 1.29 is 35.0 Å². The van der Waals surface area contributed by atoms with Gasteiger partial charge in [0.2, 0.25) is 0 Å². The van der Waals surface area contributed by atoms with E-state index in [9.17, 15) is 10.2 Å². The fourth-order valence-corrected chi connectivity index (χ4v) is 1.18. The Morgan fingerprint density at radius 3 is 2.53 bits per heavy atom. The maximum absolute atomic E-state index is 9.39. The minimum atomic E-state index is -1.38. The zero-order valence-electron chi connectivity index (χ0n) is 8.06. The van der Waals surface area contributed by atoms with E-state index in [0.717, 1.165) is 0 Å². The van der Waals surface area contributed by atoms with Crippen molar-refractivity contribution in [2.75, 3.05) is 19.8 Å². The Labute approximate surface area is 86.5 Å². The minimum absolute atomic E-state index is 0.155. The van der Waals surface area contributed by atoms with Crippen molar-refractivity contribution >= 4 is 0 Å². The molecule has 0 amide bonds. The summed E-state index contributed by atoms with van der Waals surface area (Å²) in [5, 5.41) is 45.2. The quantitative estimate of drug-likeness (QED) is 0.341. The molecular formula is C8H16O7. The molecule has 0 bridgehead atoms. The molecule has 1 aliphatic heterocycles. The third-order valence-corrected chi connectivity index (χ3v) is 2.12. The molecule has 0 saturated carbocycles. The molecule has 7 nitrogen and oxygen atoms in total. The van der Waals surface area contributed by atoms with Gasteiger partial charge in [-0.15, -0.1) is 0 Å². The summed E-state index contributed by atoms with van der Waals surface area (Å²) in [5.74, 6) is 0. The van der Waals surface area contributed by atoms with Crippen LogP contribution in [0.5, 0.6) is 0 Å². The van der Waals surface area contributed by atoms with Gasteiger partial charge >= 0.3 is 0 Å². The van der Waals surface area contributed by atoms with Crippen molar-refractivity contribution in [1.82, 2.24) is 0 Å². The van der Waals surface area contributed by atoms with E-state index in [0.29, 0.717) is 0 Å². The van der Waals surface area contributed by atoms with Gasteiger partial charge in [0.05, 0.1) is 19.8 Å². The number of hydrogen-bond donors (Lipinski definition) is 5. The summed E-state index contributed by atoms with van der Waals surface area (Å²) in [6.07, 6.45) is -6.04. The lowest BCUT2D eigenvalue weighted by Gasteiger charge is -2.35. The van der Waals surface area contributed by atoms with E-state index in [1.54, 1.807) is 0 Å². The normalized spacial score (nSPS) is 39.0. The first-order valence-corrected chi connectivity index (χ1v) is 4.62. The first-order chi connectivity index (χ1) is 7.06. The molecule has 5 N–H and O–H groups in total. The lowest BCUT2D eigenvalue weighted by atomic mass is 10.1. The molecule has 0 aliphatic carbocycles. The molecule has 90 valence electrons. The topological polar surface area (TPSA) is 120 Å². The number of ether oxygens (including phenoxy) is 2. The summed E-state index contributed by atoms with van der Waals surface area (Å²) >= 11 is 0. The third kappa shape index (κ3) is 3.35. The second kappa shape index (κ2) is 5.71. The van der Waals surface area contributed by atoms with E-state index < -0.39 is 37.3 Å². The SMILES string of the molecule is OC[C@@H](O)CO[C@@H]1OC[C@@H](O)[C@H](O)[C@H]1O. The second-order valence-corrected chi connectivity index (χ2v) is 3.42. The molecule has 1 aliphatic rings. The summed E-state index contributed by atoms with van der Waals surface area (Å²) < 4.78 is 9.81. The summed E-state index contributed by atoms with van der Waals surface area (Å²) in [7, 11) is 0. The highest BCUT2D eigenvalue weighted by molar-refractivity contribution is 4.82. The van der Waals surface area contributed by atoms with Crippen molar-refractivity contribution in [1.29, 1.82) is 0 Å². The van der Waals surface area contributed by atoms with Gasteiger partial charge in [-0.2, -0.15) is 0 Å². The van der Waals surface area contributed by atoms with Crippen molar-refractivity contribution in [2.45, 2.75) is 30.7 Å². The predicted molar refractivity (Wildman–Crippen MR) is 46.8 cm³/mol. The molecule has 1 saturated heterocycles. The van der Waals surface area contributed by atoms with Gasteiger partial charge in [0.15, 0.2) is 6.29 Å². The van der Waals surface area contributed by atoms with Gasteiger partial charge in [-0.25, -0.2) is 0 Å². The van der Waals surface area contributed by atoms with Crippen LogP contribution in [0.3, 0.4) is 0 Å². The van der Waals surface area contributed by atoms with Crippen LogP contribution in [-0.2, 0) is 9.47 Å². The molecule has 15 heavy (non-hydrogen) atoms. The fraction of sp³-hybridized carbons (Fsp3) is 1.00. The van der Waals surface area contributed by atoms with E-state index >= 15 is 0 Å². The molecule has 0 radical (unpaired) electrons. The standard InChI is InChI=1S/C8H16O7/c9-1-4(10)2-14-8-7(13)6(12)5(11)3-15-8/h4-13H,1-3H2/t4-,5-,6+,7-,8-/m1/s1. The average Bonchev–Trinajstić information content (AvgIpc) is 2.24. The highest BCUT2D eigenvalue weighted by Gasteiger charge is 2.38. The third-order valence-electron chi connectivity index (χ3n) is 2.12. The molecule has 1 rings (SSSR count). The highest BCUT2D eigenvalue weighted by atomic mass is 16.7. The zero-order chi connectivity index (χ0) is 11.4. The lowest BCUT2D eigenvalue weighted by molar-refractivity contribution is -0.275. The number of hydrogen-bond acceptors (Lipinski definition) is 7. The predicted octanol–water partition coefficient (Wildman–Crippen LogP) is -3.20.